The molecule has 0 saturated heterocycles. The summed E-state index contributed by atoms with van der Waals surface area (Å²) < 4.78 is 0. The smallest absolute Gasteiger partial charge is 0.244 e. The van der Waals surface area contributed by atoms with Crippen LogP contribution >= 0.6 is 11.3 Å². The Hall–Kier alpha value is -1.09. The summed E-state index contributed by atoms with van der Waals surface area (Å²) in [4.78, 5) is 13.8. The highest BCUT2D eigenvalue weighted by Crippen LogP contribution is 2.16. The van der Waals surface area contributed by atoms with Crippen molar-refractivity contribution in [3.05, 3.63) is 28.0 Å². The number of thiophene rings is 1. The van der Waals surface area contributed by atoms with Gasteiger partial charge in [0.05, 0.1) is 0 Å². The van der Waals surface area contributed by atoms with Crippen LogP contribution in [0.5, 0.6) is 0 Å². The first kappa shape index (κ1) is 12.0. The van der Waals surface area contributed by atoms with E-state index in [9.17, 15) is 4.79 Å². The summed E-state index contributed by atoms with van der Waals surface area (Å²) in [7, 11) is 0. The molecule has 1 atom stereocenters. The molecule has 0 aliphatic rings. The van der Waals surface area contributed by atoms with Crippen LogP contribution in [0.4, 0.5) is 0 Å². The molecule has 0 spiro atoms. The van der Waals surface area contributed by atoms with Gasteiger partial charge in [0.1, 0.15) is 0 Å². The fourth-order valence-electron chi connectivity index (χ4n) is 1.09. The quantitative estimate of drug-likeness (QED) is 0.781. The summed E-state index contributed by atoms with van der Waals surface area (Å²) in [5.74, 6) is -0.0181. The molecule has 82 valence electrons. The Balaban J connectivity index is 2.47. The molecule has 0 fully saturated rings. The molecular formula is C12H17NOS. The third kappa shape index (κ3) is 4.30. The Labute approximate surface area is 95.0 Å². The SMILES string of the molecule is CCC(C)NC(=O)C=Cc1ccc(C)s1. The van der Waals surface area contributed by atoms with Crippen LogP contribution in [-0.4, -0.2) is 11.9 Å². The van der Waals surface area contributed by atoms with Gasteiger partial charge >= 0.3 is 0 Å². The van der Waals surface area contributed by atoms with Crippen molar-refractivity contribution in [1.29, 1.82) is 0 Å². The number of hydrogen-bond acceptors (Lipinski definition) is 2. The van der Waals surface area contributed by atoms with Crippen molar-refractivity contribution in [1.82, 2.24) is 5.32 Å². The Morgan fingerprint density at radius 2 is 2.33 bits per heavy atom. The second-order valence-corrected chi connectivity index (χ2v) is 4.92. The molecule has 0 radical (unpaired) electrons. The topological polar surface area (TPSA) is 29.1 Å². The summed E-state index contributed by atoms with van der Waals surface area (Å²) in [6, 6.07) is 4.32. The minimum atomic E-state index is -0.0181. The predicted octanol–water partition coefficient (Wildman–Crippen LogP) is 2.98. The van der Waals surface area contributed by atoms with E-state index in [1.807, 2.05) is 19.1 Å². The van der Waals surface area contributed by atoms with Gasteiger partial charge in [-0.05, 0) is 38.5 Å². The van der Waals surface area contributed by atoms with Gasteiger partial charge in [-0.1, -0.05) is 6.92 Å². The highest BCUT2D eigenvalue weighted by molar-refractivity contribution is 7.12. The Morgan fingerprint density at radius 1 is 1.60 bits per heavy atom. The number of carbonyl (C=O) groups is 1. The summed E-state index contributed by atoms with van der Waals surface area (Å²) >= 11 is 1.69. The van der Waals surface area contributed by atoms with Gasteiger partial charge in [-0.2, -0.15) is 0 Å². The fourth-order valence-corrected chi connectivity index (χ4v) is 1.87. The predicted molar refractivity (Wildman–Crippen MR) is 66.0 cm³/mol. The van der Waals surface area contributed by atoms with Gasteiger partial charge in [-0.15, -0.1) is 11.3 Å². The lowest BCUT2D eigenvalue weighted by Crippen LogP contribution is -2.30. The van der Waals surface area contributed by atoms with Gasteiger partial charge in [0.25, 0.3) is 0 Å². The minimum absolute atomic E-state index is 0.0181. The number of carbonyl (C=O) groups excluding carboxylic acids is 1. The molecule has 3 heteroatoms. The van der Waals surface area contributed by atoms with E-state index in [0.29, 0.717) is 0 Å². The lowest BCUT2D eigenvalue weighted by atomic mass is 10.2. The standard InChI is InChI=1S/C12H17NOS/c1-4-9(2)13-12(14)8-7-11-6-5-10(3)15-11/h5-9H,4H2,1-3H3,(H,13,14). The van der Waals surface area contributed by atoms with Crippen molar-refractivity contribution >= 4 is 23.3 Å². The molecule has 1 rings (SSSR count). The van der Waals surface area contributed by atoms with E-state index in [-0.39, 0.29) is 11.9 Å². The van der Waals surface area contributed by atoms with Crippen LogP contribution in [-0.2, 0) is 4.79 Å². The van der Waals surface area contributed by atoms with E-state index in [1.165, 1.54) is 4.88 Å². The zero-order chi connectivity index (χ0) is 11.3. The molecule has 2 nitrogen and oxygen atoms in total. The normalized spacial score (nSPS) is 13.0. The van der Waals surface area contributed by atoms with Gasteiger partial charge < -0.3 is 5.32 Å². The molecule has 1 amide bonds. The molecular weight excluding hydrogens is 206 g/mol. The van der Waals surface area contributed by atoms with Crippen LogP contribution in [0.3, 0.4) is 0 Å². The van der Waals surface area contributed by atoms with Crippen LogP contribution in [0, 0.1) is 6.92 Å². The van der Waals surface area contributed by atoms with Gasteiger partial charge in [0.15, 0.2) is 0 Å². The van der Waals surface area contributed by atoms with E-state index < -0.39 is 0 Å². The first-order valence-corrected chi connectivity index (χ1v) is 5.98. The van der Waals surface area contributed by atoms with Crippen LogP contribution < -0.4 is 5.32 Å². The maximum absolute atomic E-state index is 11.4. The number of amides is 1. The number of rotatable bonds is 4. The maximum atomic E-state index is 11.4. The first-order valence-electron chi connectivity index (χ1n) is 5.17. The molecule has 0 aliphatic carbocycles. The Kier molecular flexibility index (Phi) is 4.56. The van der Waals surface area contributed by atoms with Crippen molar-refractivity contribution in [2.24, 2.45) is 0 Å². The van der Waals surface area contributed by atoms with Gasteiger partial charge in [0.2, 0.25) is 5.91 Å². The van der Waals surface area contributed by atoms with E-state index in [4.69, 9.17) is 0 Å². The van der Waals surface area contributed by atoms with E-state index in [0.717, 1.165) is 11.3 Å². The summed E-state index contributed by atoms with van der Waals surface area (Å²) in [6.45, 7) is 6.11. The van der Waals surface area contributed by atoms with Crippen molar-refractivity contribution in [2.75, 3.05) is 0 Å². The summed E-state index contributed by atoms with van der Waals surface area (Å²) in [6.07, 6.45) is 4.41. The van der Waals surface area contributed by atoms with E-state index in [1.54, 1.807) is 17.4 Å². The van der Waals surface area contributed by atoms with Crippen LogP contribution in [0.25, 0.3) is 6.08 Å². The van der Waals surface area contributed by atoms with Crippen LogP contribution in [0.1, 0.15) is 30.0 Å². The van der Waals surface area contributed by atoms with E-state index in [2.05, 4.69) is 25.2 Å². The monoisotopic (exact) mass is 223 g/mol. The molecule has 0 aliphatic heterocycles. The molecule has 1 heterocycles. The highest BCUT2D eigenvalue weighted by atomic mass is 32.1. The maximum Gasteiger partial charge on any atom is 0.244 e. The second-order valence-electron chi connectivity index (χ2n) is 3.60. The Morgan fingerprint density at radius 3 is 2.87 bits per heavy atom. The van der Waals surface area contributed by atoms with Crippen LogP contribution in [0.2, 0.25) is 0 Å². The lowest BCUT2D eigenvalue weighted by Gasteiger charge is -2.08. The van der Waals surface area contributed by atoms with Gasteiger partial charge in [-0.3, -0.25) is 4.79 Å². The molecule has 1 N–H and O–H groups in total. The van der Waals surface area contributed by atoms with Crippen molar-refractivity contribution in [3.63, 3.8) is 0 Å². The summed E-state index contributed by atoms with van der Waals surface area (Å²) in [5, 5.41) is 2.89. The van der Waals surface area contributed by atoms with Crippen LogP contribution in [0.15, 0.2) is 18.2 Å². The number of aryl methyl sites for hydroxylation is 1. The van der Waals surface area contributed by atoms with Gasteiger partial charge in [-0.25, -0.2) is 0 Å². The van der Waals surface area contributed by atoms with Gasteiger partial charge in [0, 0.05) is 21.9 Å². The third-order valence-corrected chi connectivity index (χ3v) is 3.13. The summed E-state index contributed by atoms with van der Waals surface area (Å²) in [5.41, 5.74) is 0. The van der Waals surface area contributed by atoms with Crippen molar-refractivity contribution < 1.29 is 4.79 Å². The molecule has 0 bridgehead atoms. The van der Waals surface area contributed by atoms with Crippen molar-refractivity contribution in [3.8, 4) is 0 Å². The molecule has 15 heavy (non-hydrogen) atoms. The second kappa shape index (κ2) is 5.71. The molecule has 0 aromatic carbocycles. The first-order chi connectivity index (χ1) is 7.11. The average molecular weight is 223 g/mol. The highest BCUT2D eigenvalue weighted by Gasteiger charge is 2.01. The largest absolute Gasteiger partial charge is 0.350 e. The number of hydrogen-bond donors (Lipinski definition) is 1. The average Bonchev–Trinajstić information content (AvgIpc) is 2.61. The fraction of sp³-hybridized carbons (Fsp3) is 0.417. The third-order valence-electron chi connectivity index (χ3n) is 2.16. The van der Waals surface area contributed by atoms with Crippen molar-refractivity contribution in [2.45, 2.75) is 33.2 Å². The molecule has 1 aromatic heterocycles. The lowest BCUT2D eigenvalue weighted by molar-refractivity contribution is -0.117. The zero-order valence-electron chi connectivity index (χ0n) is 9.41. The zero-order valence-corrected chi connectivity index (χ0v) is 10.2. The molecule has 0 saturated carbocycles. The van der Waals surface area contributed by atoms with E-state index >= 15 is 0 Å². The number of nitrogens with one attached hydrogen (secondary N) is 1. The molecule has 1 unspecified atom stereocenters. The Bertz CT molecular complexity index is 354. The molecule has 1 aromatic rings. The minimum Gasteiger partial charge on any atom is -0.350 e.